The van der Waals surface area contributed by atoms with Crippen LogP contribution in [0.1, 0.15) is 80.3 Å². The second-order valence-corrected chi connectivity index (χ2v) is 16.0. The first kappa shape index (κ1) is 54.4. The fourth-order valence-electron chi connectivity index (χ4n) is 5.68. The maximum Gasteiger partial charge on any atom is 0.326 e. The number of aromatic amines is 1. The second kappa shape index (κ2) is 26.0. The topological polar surface area (TPSA) is 405 Å². The van der Waals surface area contributed by atoms with Crippen LogP contribution in [0, 0.1) is 17.8 Å². The highest BCUT2D eigenvalue weighted by Gasteiger charge is 2.36. The maximum absolute atomic E-state index is 13.6. The molecular weight excluding hydrogens is 832 g/mol. The molecule has 0 aliphatic carbocycles. The van der Waals surface area contributed by atoms with Crippen molar-refractivity contribution in [1.29, 1.82) is 0 Å². The van der Waals surface area contributed by atoms with Crippen LogP contribution in [0.5, 0.6) is 0 Å². The number of imidazole rings is 1. The normalized spacial score (nSPS) is 14.9. The lowest BCUT2D eigenvalue weighted by Crippen LogP contribution is -2.61. The summed E-state index contributed by atoms with van der Waals surface area (Å²) in [6, 6.07) is -11.1. The molecule has 0 bridgehead atoms. The molecular formula is C38H62N12O13. The molecule has 0 spiro atoms. The molecule has 15 N–H and O–H groups in total. The quantitative estimate of drug-likeness (QED) is 0.0397. The fourth-order valence-corrected chi connectivity index (χ4v) is 5.68. The number of carbonyl (C=O) groups is 11. The first-order valence-corrected chi connectivity index (χ1v) is 20.1. The van der Waals surface area contributed by atoms with Gasteiger partial charge in [-0.25, -0.2) is 9.78 Å². The molecule has 8 atom stereocenters. The molecule has 0 radical (unpaired) electrons. The van der Waals surface area contributed by atoms with Gasteiger partial charge < -0.3 is 69.2 Å². The van der Waals surface area contributed by atoms with Crippen molar-refractivity contribution in [2.24, 2.45) is 29.2 Å². The van der Waals surface area contributed by atoms with E-state index >= 15 is 0 Å². The van der Waals surface area contributed by atoms with Gasteiger partial charge in [0.15, 0.2) is 0 Å². The largest absolute Gasteiger partial charge is 0.481 e. The van der Waals surface area contributed by atoms with Crippen LogP contribution >= 0.6 is 0 Å². The van der Waals surface area contributed by atoms with Gasteiger partial charge in [-0.1, -0.05) is 41.5 Å². The number of carboxylic acid groups (broad SMARTS) is 2. The Morgan fingerprint density at radius 3 is 1.59 bits per heavy atom. The predicted molar refractivity (Wildman–Crippen MR) is 221 cm³/mol. The summed E-state index contributed by atoms with van der Waals surface area (Å²) in [4.78, 5) is 146. The Bertz CT molecular complexity index is 1800. The Kier molecular flexibility index (Phi) is 22.4. The van der Waals surface area contributed by atoms with Crippen LogP contribution in [-0.2, 0) is 59.2 Å². The fraction of sp³-hybridized carbons (Fsp3) is 0.632. The zero-order valence-corrected chi connectivity index (χ0v) is 36.5. The first-order chi connectivity index (χ1) is 29.2. The highest BCUT2D eigenvalue weighted by atomic mass is 16.4. The molecule has 63 heavy (non-hydrogen) atoms. The molecule has 25 nitrogen and oxygen atoms in total. The van der Waals surface area contributed by atoms with Crippen molar-refractivity contribution >= 4 is 65.1 Å². The zero-order chi connectivity index (χ0) is 48.3. The maximum atomic E-state index is 13.6. The molecule has 0 fully saturated rings. The third kappa shape index (κ3) is 19.7. The Morgan fingerprint density at radius 2 is 1.11 bits per heavy atom. The number of hydrogen-bond acceptors (Lipinski definition) is 13. The number of carboxylic acids is 2. The number of nitrogens with two attached hydrogens (primary N) is 2. The van der Waals surface area contributed by atoms with Crippen LogP contribution in [0.2, 0.25) is 0 Å². The van der Waals surface area contributed by atoms with Crippen molar-refractivity contribution < 1.29 is 63.0 Å². The Balaban J connectivity index is 2.97. The average molecular weight is 895 g/mol. The van der Waals surface area contributed by atoms with Gasteiger partial charge >= 0.3 is 11.9 Å². The molecule has 1 heterocycles. The lowest BCUT2D eigenvalue weighted by molar-refractivity contribution is -0.144. The van der Waals surface area contributed by atoms with E-state index in [1.165, 1.54) is 40.2 Å². The summed E-state index contributed by atoms with van der Waals surface area (Å²) < 4.78 is 0. The van der Waals surface area contributed by atoms with E-state index < -0.39 is 145 Å². The molecule has 0 saturated carbocycles. The van der Waals surface area contributed by atoms with Crippen LogP contribution in [0.25, 0.3) is 0 Å². The van der Waals surface area contributed by atoms with Gasteiger partial charge in [0.25, 0.3) is 0 Å². The van der Waals surface area contributed by atoms with Gasteiger partial charge in [-0.05, 0) is 38.0 Å². The van der Waals surface area contributed by atoms with Crippen LogP contribution in [0.4, 0.5) is 0 Å². The van der Waals surface area contributed by atoms with Gasteiger partial charge in [0.2, 0.25) is 53.2 Å². The van der Waals surface area contributed by atoms with Gasteiger partial charge in [0.1, 0.15) is 42.3 Å². The number of nitrogens with zero attached hydrogens (tertiary/aromatic N) is 1. The SMILES string of the molecule is CC(C)C[C@H](NC(=O)[C@H](CC(=O)O)NC(=O)[C@H](CC(N)=O)NC(=O)[C@@H](NC(=O)[C@@H](NC(=O)[C@H](C)NC(=O)CNC(=O)[C@H](C)NC(=O)[C@@H](N)Cc1cnc[nH]1)C(C)C)C(C)C)C(=O)O. The van der Waals surface area contributed by atoms with Crippen LogP contribution in [0.3, 0.4) is 0 Å². The Labute approximate surface area is 363 Å². The van der Waals surface area contributed by atoms with E-state index in [1.54, 1.807) is 27.7 Å². The molecule has 352 valence electrons. The lowest BCUT2D eigenvalue weighted by atomic mass is 9.99. The Morgan fingerprint density at radius 1 is 0.619 bits per heavy atom. The molecule has 0 aliphatic heterocycles. The number of primary amides is 1. The standard InChI is InChI=1S/C38H62N12O13/c1-16(2)9-25(38(62)63)48-35(59)24(12-28(53)54)46-34(58)23(11-26(40)51)47-36(60)29(17(3)4)50-37(61)30(18(5)6)49-32(56)20(8)44-27(52)14-42-31(55)19(7)45-33(57)22(39)10-21-13-41-15-43-21/h13,15-20,22-25,29-30H,9-12,14,39H2,1-8H3,(H2,40,51)(H,41,43)(H,42,55)(H,44,52)(H,45,57)(H,46,58)(H,47,60)(H,48,59)(H,49,56)(H,50,61)(H,53,54)(H,62,63)/t19-,20-,22-,23-,24-,25-,29-,30-/m0/s1. The molecule has 0 unspecified atom stereocenters. The number of nitrogens with one attached hydrogen (secondary N) is 9. The van der Waals surface area contributed by atoms with Crippen molar-refractivity contribution in [3.63, 3.8) is 0 Å². The van der Waals surface area contributed by atoms with E-state index in [1.807, 2.05) is 0 Å². The third-order valence-corrected chi connectivity index (χ3v) is 9.14. The number of aliphatic carboxylic acids is 2. The van der Waals surface area contributed by atoms with E-state index in [-0.39, 0.29) is 18.8 Å². The summed E-state index contributed by atoms with van der Waals surface area (Å²) in [5.41, 5.74) is 11.8. The highest BCUT2D eigenvalue weighted by molar-refractivity contribution is 5.99. The number of rotatable bonds is 27. The molecule has 0 saturated heterocycles. The smallest absolute Gasteiger partial charge is 0.326 e. The molecule has 25 heteroatoms. The van der Waals surface area contributed by atoms with Gasteiger partial charge in [0.05, 0.1) is 31.8 Å². The van der Waals surface area contributed by atoms with Crippen molar-refractivity contribution in [3.05, 3.63) is 18.2 Å². The van der Waals surface area contributed by atoms with E-state index in [4.69, 9.17) is 11.5 Å². The van der Waals surface area contributed by atoms with E-state index in [2.05, 4.69) is 52.5 Å². The van der Waals surface area contributed by atoms with E-state index in [0.717, 1.165) is 0 Å². The van der Waals surface area contributed by atoms with Crippen molar-refractivity contribution in [1.82, 2.24) is 52.5 Å². The molecule has 0 aliphatic rings. The summed E-state index contributed by atoms with van der Waals surface area (Å²) in [6.45, 7) is 11.7. The third-order valence-electron chi connectivity index (χ3n) is 9.14. The van der Waals surface area contributed by atoms with Crippen molar-refractivity contribution in [2.75, 3.05) is 6.54 Å². The number of H-pyrrole nitrogens is 1. The van der Waals surface area contributed by atoms with Crippen LogP contribution in [0.15, 0.2) is 12.5 Å². The second-order valence-electron chi connectivity index (χ2n) is 16.0. The van der Waals surface area contributed by atoms with E-state index in [0.29, 0.717) is 5.69 Å². The van der Waals surface area contributed by atoms with Crippen molar-refractivity contribution in [2.45, 2.75) is 129 Å². The van der Waals surface area contributed by atoms with E-state index in [9.17, 15) is 63.0 Å². The molecule has 1 aromatic rings. The van der Waals surface area contributed by atoms with Crippen LogP contribution in [-0.4, -0.2) is 140 Å². The number of aromatic nitrogens is 2. The first-order valence-electron chi connectivity index (χ1n) is 20.1. The number of hydrogen-bond donors (Lipinski definition) is 13. The number of amides is 9. The van der Waals surface area contributed by atoms with Gasteiger partial charge in [0, 0.05) is 18.3 Å². The summed E-state index contributed by atoms with van der Waals surface area (Å²) >= 11 is 0. The molecule has 1 rings (SSSR count). The monoisotopic (exact) mass is 894 g/mol. The van der Waals surface area contributed by atoms with Crippen molar-refractivity contribution in [3.8, 4) is 0 Å². The molecule has 9 amide bonds. The minimum atomic E-state index is -1.84. The zero-order valence-electron chi connectivity index (χ0n) is 36.5. The average Bonchev–Trinajstić information content (AvgIpc) is 3.68. The van der Waals surface area contributed by atoms with Crippen LogP contribution < -0.4 is 54.0 Å². The summed E-state index contributed by atoms with van der Waals surface area (Å²) in [5, 5.41) is 37.7. The number of carbonyl (C=O) groups excluding carboxylic acids is 9. The minimum Gasteiger partial charge on any atom is -0.481 e. The lowest BCUT2D eigenvalue weighted by Gasteiger charge is -2.29. The van der Waals surface area contributed by atoms with Gasteiger partial charge in [-0.2, -0.15) is 0 Å². The summed E-state index contributed by atoms with van der Waals surface area (Å²) in [6.07, 6.45) is 1.20. The highest BCUT2D eigenvalue weighted by Crippen LogP contribution is 2.10. The van der Waals surface area contributed by atoms with Gasteiger partial charge in [-0.3, -0.25) is 47.9 Å². The van der Waals surface area contributed by atoms with Gasteiger partial charge in [-0.15, -0.1) is 0 Å². The summed E-state index contributed by atoms with van der Waals surface area (Å²) in [7, 11) is 0. The molecule has 1 aromatic heterocycles. The molecule has 0 aromatic carbocycles. The summed E-state index contributed by atoms with van der Waals surface area (Å²) in [5.74, 6) is -12.7. The predicted octanol–water partition coefficient (Wildman–Crippen LogP) is -4.38. The minimum absolute atomic E-state index is 0.0228. The Hall–Kier alpha value is -6.66.